The zero-order chi connectivity index (χ0) is 32.1. The highest BCUT2D eigenvalue weighted by molar-refractivity contribution is 9.09. The van der Waals surface area contributed by atoms with Crippen LogP contribution in [0.1, 0.15) is 110 Å². The Morgan fingerprint density at radius 2 is 1.70 bits per heavy atom. The van der Waals surface area contributed by atoms with Gasteiger partial charge in [0.15, 0.2) is 0 Å². The average molecular weight is 664 g/mol. The van der Waals surface area contributed by atoms with Crippen molar-refractivity contribution in [2.75, 3.05) is 19.0 Å². The molecule has 2 aliphatic rings. The summed E-state index contributed by atoms with van der Waals surface area (Å²) in [6.45, 7) is 17.8. The summed E-state index contributed by atoms with van der Waals surface area (Å²) in [5.41, 5.74) is 16.1. The van der Waals surface area contributed by atoms with Crippen LogP contribution < -0.4 is 0 Å². The van der Waals surface area contributed by atoms with Crippen LogP contribution in [0.2, 0.25) is 0 Å². The number of carbonyl (C=O) groups is 1. The Morgan fingerprint density at radius 3 is 2.34 bits per heavy atom. The second-order valence-corrected chi connectivity index (χ2v) is 12.5. The van der Waals surface area contributed by atoms with E-state index in [0.29, 0.717) is 12.3 Å². The van der Waals surface area contributed by atoms with Crippen LogP contribution >= 0.6 is 15.9 Å². The van der Waals surface area contributed by atoms with Gasteiger partial charge in [-0.2, -0.15) is 0 Å². The van der Waals surface area contributed by atoms with Crippen LogP contribution in [0.5, 0.6) is 0 Å². The number of nitrogens with zero attached hydrogens (tertiary/aromatic N) is 2. The smallest absolute Gasteiger partial charge is 0.305 e. The number of allylic oxidation sites excluding steroid dienone is 1. The topological polar surface area (TPSA) is 92.9 Å². The van der Waals surface area contributed by atoms with Gasteiger partial charge in [0.1, 0.15) is 0 Å². The largest absolute Gasteiger partial charge is 0.469 e. The van der Waals surface area contributed by atoms with E-state index in [0.717, 1.165) is 76.0 Å². The monoisotopic (exact) mass is 662 g/mol. The molecule has 8 bridgehead atoms. The number of aromatic nitrogens is 4. The Labute approximate surface area is 270 Å². The van der Waals surface area contributed by atoms with E-state index in [9.17, 15) is 4.79 Å². The predicted molar refractivity (Wildman–Crippen MR) is 185 cm³/mol. The summed E-state index contributed by atoms with van der Waals surface area (Å²) in [5.74, 6) is 0.193. The molecule has 2 atom stereocenters. The first-order valence-corrected chi connectivity index (χ1v) is 16.8. The standard InChI is InChI=1S/C32H39BrN4O.C4H8O2/c1-8-23-19(4)28-16-31-32(22(7)38-11-9-10-33)21(6)29(37-31)14-24-17(2)12-26(34-24)20(5)27-13-18(3)25(35-27)15-30(23)36-28;1-3-4(5)6-2/h13-17,22,36-37H,8-12H2,1-7H3;3H2,1-2H3. The molecule has 2 aliphatic heterocycles. The molecule has 8 heteroatoms. The summed E-state index contributed by atoms with van der Waals surface area (Å²) in [7, 11) is 1.38. The van der Waals surface area contributed by atoms with Gasteiger partial charge in [-0.05, 0) is 106 Å². The third-order valence-electron chi connectivity index (χ3n) is 8.69. The van der Waals surface area contributed by atoms with Crippen molar-refractivity contribution < 1.29 is 14.3 Å². The average Bonchev–Trinajstić information content (AvgIpc) is 3.73. The number of alkyl halides is 1. The maximum absolute atomic E-state index is 9.96. The number of halogens is 1. The van der Waals surface area contributed by atoms with Gasteiger partial charge in [0.05, 0.1) is 24.6 Å². The van der Waals surface area contributed by atoms with E-state index in [4.69, 9.17) is 14.7 Å². The number of carbonyl (C=O) groups excluding carboxylic acids is 1. The molecular formula is C36H47BrN4O3. The van der Waals surface area contributed by atoms with E-state index in [1.807, 2.05) is 0 Å². The van der Waals surface area contributed by atoms with Crippen molar-refractivity contribution in [2.24, 2.45) is 0 Å². The van der Waals surface area contributed by atoms with Crippen LogP contribution in [0, 0.1) is 20.8 Å². The second kappa shape index (κ2) is 14.7. The number of ether oxygens (including phenoxy) is 2. The third-order valence-corrected chi connectivity index (χ3v) is 9.25. The Kier molecular flexibility index (Phi) is 11.2. The summed E-state index contributed by atoms with van der Waals surface area (Å²) >= 11 is 3.52. The van der Waals surface area contributed by atoms with Gasteiger partial charge < -0.3 is 19.4 Å². The molecule has 0 saturated carbocycles. The quantitative estimate of drug-likeness (QED) is 0.149. The van der Waals surface area contributed by atoms with Gasteiger partial charge in [0, 0.05) is 63.3 Å². The minimum absolute atomic E-state index is 0.0253. The number of methoxy groups -OCH3 is 1. The summed E-state index contributed by atoms with van der Waals surface area (Å²) in [5, 5.41) is 0.941. The molecule has 236 valence electrons. The zero-order valence-corrected chi connectivity index (χ0v) is 29.3. The lowest BCUT2D eigenvalue weighted by Gasteiger charge is -2.13. The van der Waals surface area contributed by atoms with Crippen molar-refractivity contribution in [3.05, 3.63) is 68.8 Å². The van der Waals surface area contributed by atoms with Gasteiger partial charge in [-0.25, -0.2) is 4.98 Å². The first-order valence-electron chi connectivity index (χ1n) is 15.7. The Morgan fingerprint density at radius 1 is 1.00 bits per heavy atom. The van der Waals surface area contributed by atoms with Gasteiger partial charge >= 0.3 is 5.97 Å². The number of rotatable bonds is 7. The van der Waals surface area contributed by atoms with Gasteiger partial charge in [-0.15, -0.1) is 0 Å². The zero-order valence-electron chi connectivity index (χ0n) is 27.7. The molecule has 0 saturated heterocycles. The summed E-state index contributed by atoms with van der Waals surface area (Å²) in [6.07, 6.45) is 5.51. The van der Waals surface area contributed by atoms with Crippen LogP contribution in [0.4, 0.5) is 0 Å². The van der Waals surface area contributed by atoms with E-state index in [1.165, 1.54) is 40.5 Å². The molecule has 3 aromatic rings. The molecule has 5 heterocycles. The number of hydrogen-bond acceptors (Lipinski definition) is 5. The lowest BCUT2D eigenvalue weighted by molar-refractivity contribution is -0.140. The van der Waals surface area contributed by atoms with Crippen molar-refractivity contribution in [3.8, 4) is 0 Å². The van der Waals surface area contributed by atoms with Crippen molar-refractivity contribution in [3.63, 3.8) is 0 Å². The molecule has 0 radical (unpaired) electrons. The lowest BCUT2D eigenvalue weighted by atomic mass is 10.0. The Balaban J connectivity index is 0.000000670. The number of aromatic amines is 2. The normalized spacial score (nSPS) is 15.0. The van der Waals surface area contributed by atoms with Crippen molar-refractivity contribution in [1.82, 2.24) is 19.9 Å². The molecule has 0 spiro atoms. The van der Waals surface area contributed by atoms with Crippen LogP contribution in [-0.4, -0.2) is 45.0 Å². The van der Waals surface area contributed by atoms with Crippen molar-refractivity contribution in [1.29, 1.82) is 0 Å². The highest BCUT2D eigenvalue weighted by atomic mass is 79.9. The molecule has 0 fully saturated rings. The van der Waals surface area contributed by atoms with Crippen molar-refractivity contribution >= 4 is 55.6 Å². The van der Waals surface area contributed by atoms with Crippen LogP contribution in [0.25, 0.3) is 33.7 Å². The fourth-order valence-electron chi connectivity index (χ4n) is 5.94. The Bertz CT molecular complexity index is 1710. The number of hydrogen-bond donors (Lipinski definition) is 2. The highest BCUT2D eigenvalue weighted by Crippen LogP contribution is 2.34. The van der Waals surface area contributed by atoms with E-state index >= 15 is 0 Å². The minimum atomic E-state index is -0.157. The lowest BCUT2D eigenvalue weighted by Crippen LogP contribution is -2.03. The first kappa shape index (κ1) is 33.7. The fourth-order valence-corrected chi connectivity index (χ4v) is 6.17. The highest BCUT2D eigenvalue weighted by Gasteiger charge is 2.21. The number of nitrogens with one attached hydrogen (secondary N) is 2. The Hall–Kier alpha value is -3.23. The molecule has 0 aromatic carbocycles. The number of esters is 1. The van der Waals surface area contributed by atoms with E-state index in [1.54, 1.807) is 6.92 Å². The van der Waals surface area contributed by atoms with E-state index in [-0.39, 0.29) is 12.1 Å². The molecular weight excluding hydrogens is 616 g/mol. The predicted octanol–water partition coefficient (Wildman–Crippen LogP) is 9.14. The van der Waals surface area contributed by atoms with Crippen LogP contribution in [0.15, 0.2) is 18.2 Å². The van der Waals surface area contributed by atoms with Gasteiger partial charge in [0.2, 0.25) is 0 Å². The fraction of sp³-hybridized carbons (Fsp3) is 0.472. The maximum atomic E-state index is 9.96. The molecule has 7 nitrogen and oxygen atoms in total. The third kappa shape index (κ3) is 7.18. The minimum Gasteiger partial charge on any atom is -0.469 e. The molecule has 0 amide bonds. The number of H-pyrrole nitrogens is 2. The van der Waals surface area contributed by atoms with Crippen LogP contribution in [-0.2, 0) is 27.1 Å². The second-order valence-electron chi connectivity index (χ2n) is 11.7. The van der Waals surface area contributed by atoms with E-state index < -0.39 is 0 Å². The van der Waals surface area contributed by atoms with Gasteiger partial charge in [-0.1, -0.05) is 36.7 Å². The SMILES string of the molecule is CCC(=O)OC.CCc1c(C)c2cc3[nH]c(cc4nc(c(C)c5nc(cc1[nH]2)C(C)=C5)CC4C)c(C)c3C(C)OCCCBr. The van der Waals surface area contributed by atoms with Gasteiger partial charge in [-0.3, -0.25) is 9.78 Å². The maximum Gasteiger partial charge on any atom is 0.305 e. The molecule has 44 heavy (non-hydrogen) atoms. The van der Waals surface area contributed by atoms with Crippen molar-refractivity contribution in [2.45, 2.75) is 93.1 Å². The number of aryl methyl sites for hydroxylation is 3. The number of fused-ring (bicyclic) bond motifs is 8. The molecule has 3 aromatic heterocycles. The van der Waals surface area contributed by atoms with E-state index in [2.05, 4.69) is 103 Å². The summed E-state index contributed by atoms with van der Waals surface area (Å²) in [6, 6.07) is 6.71. The van der Waals surface area contributed by atoms with Crippen LogP contribution in [0.3, 0.4) is 0 Å². The molecule has 2 N–H and O–H groups in total. The first-order chi connectivity index (χ1) is 21.0. The molecule has 2 unspecified atom stereocenters. The summed E-state index contributed by atoms with van der Waals surface area (Å²) < 4.78 is 10.6. The molecule has 5 rings (SSSR count). The van der Waals surface area contributed by atoms with Gasteiger partial charge in [0.25, 0.3) is 0 Å². The molecule has 0 aliphatic carbocycles. The summed E-state index contributed by atoms with van der Waals surface area (Å²) in [4.78, 5) is 27.6.